The number of nitrogens with zero attached hydrogens (tertiary/aromatic N) is 9. The smallest absolute Gasteiger partial charge is 0.253 e. The van der Waals surface area contributed by atoms with Crippen molar-refractivity contribution in [2.45, 2.75) is 150 Å². The molecule has 548 valence electrons. The molecule has 103 heavy (non-hydrogen) atoms. The number of oxazole rings is 1. The number of likely N-dealkylation sites (tertiary alicyclic amines) is 3. The maximum absolute atomic E-state index is 13.0. The van der Waals surface area contributed by atoms with Crippen molar-refractivity contribution in [2.75, 3.05) is 108 Å². The minimum absolute atomic E-state index is 0.00201. The molecule has 0 radical (unpaired) electrons. The Kier molecular flexibility index (Phi) is 27.5. The molecule has 1 aliphatic carbocycles. The molecule has 0 bridgehead atoms. The number of nitrogens with one attached hydrogen (secondary N) is 6. The molecule has 7 N–H and O–H groups in total. The van der Waals surface area contributed by atoms with Gasteiger partial charge in [-0.3, -0.25) is 28.8 Å². The van der Waals surface area contributed by atoms with Gasteiger partial charge in [-0.15, -0.1) is 11.8 Å². The predicted molar refractivity (Wildman–Crippen MR) is 413 cm³/mol. The second-order valence-electron chi connectivity index (χ2n) is 27.2. The molecule has 24 nitrogen and oxygen atoms in total. The number of rotatable bonds is 22. The van der Waals surface area contributed by atoms with Crippen molar-refractivity contribution >= 4 is 124 Å². The van der Waals surface area contributed by atoms with E-state index in [2.05, 4.69) is 116 Å². The zero-order chi connectivity index (χ0) is 73.0. The summed E-state index contributed by atoms with van der Waals surface area (Å²) in [5.41, 5.74) is 3.66. The Labute approximate surface area is 619 Å². The van der Waals surface area contributed by atoms with Crippen LogP contribution in [0.5, 0.6) is 0 Å². The Morgan fingerprint density at radius 2 is 0.913 bits per heavy atom. The molecule has 5 fully saturated rings. The summed E-state index contributed by atoms with van der Waals surface area (Å²) in [4.78, 5) is 102. The Bertz CT molecular complexity index is 3990. The standard InChI is InChI=1S/C26H31N5O3S2.C25H33N5O3S.C24H31N5O3S/c1-5-21(32)29-18-10-8-17(9-11-18)24(33)31-12-6-7-19(15-31)30-25-28-14-23(36-25)35-16-22-27-13-20(34-22)26(2,3)4;1-3-22(32)27-18-8-6-17(7-9-18)24(33)30-14-4-5-19(16-30)28-25-26-15-23(34-25)29(2)20-10-12-21(31)13-11-20;1-3-21(30)26-18-8-6-17(7-9-18)23(31)29-12-4-5-19(16-29)27-24-25-15-22(33-24)28(2)20-10-13-32-14-11-20/h5,8-11,13-14,19H,1,6-7,12,15-16H2,2-4H3,(H,28,30)(H,29,32);3,6-9,15,19-21,31H,1,4-5,10-14,16H2,2H3,(H,26,28)(H,27,32);3,6-9,15,19-20H,1,4-5,10-14,16H2,2H3,(H,25,27)(H,26,30)/t19-;19-,20?,21?;19-/m011/s1. The fourth-order valence-corrected chi connectivity index (χ4v) is 16.4. The van der Waals surface area contributed by atoms with E-state index in [1.165, 1.54) is 18.2 Å². The van der Waals surface area contributed by atoms with Gasteiger partial charge in [-0.1, -0.05) is 74.5 Å². The van der Waals surface area contributed by atoms with Gasteiger partial charge in [-0.25, -0.2) is 19.9 Å². The Hall–Kier alpha value is -8.93. The molecule has 8 heterocycles. The summed E-state index contributed by atoms with van der Waals surface area (Å²) in [5.74, 6) is 1.39. The number of hydrogen-bond acceptors (Lipinski definition) is 22. The van der Waals surface area contributed by atoms with E-state index in [4.69, 9.17) is 9.15 Å². The number of benzene rings is 3. The molecule has 4 saturated heterocycles. The van der Waals surface area contributed by atoms with Crippen LogP contribution in [0.25, 0.3) is 0 Å². The van der Waals surface area contributed by atoms with Gasteiger partial charge in [0.05, 0.1) is 40.9 Å². The fourth-order valence-electron chi connectivity index (χ4n) is 12.7. The predicted octanol–water partition coefficient (Wildman–Crippen LogP) is 12.9. The van der Waals surface area contributed by atoms with E-state index in [0.29, 0.717) is 77.1 Å². The SMILES string of the molecule is C=CC(=O)Nc1ccc(C(=O)N2CCC[C@@H](Nc3ncc(N(C)C4CCC(O)CC4)s3)C2)cc1.C=CC(=O)Nc1ccc(C(=O)N2CCC[C@@H](Nc3ncc(N(C)C4CCOCC4)s3)C2)cc1.C=CC(=O)Nc1ccc(C(=O)N2CCC[C@H](Nc3ncc(SCc4ncc(C(C)(C)C)o4)s3)C2)cc1. The molecule has 7 aromatic rings. The molecule has 4 aromatic heterocycles. The zero-order valence-corrected chi connectivity index (χ0v) is 62.5. The molecular formula is C75H95N15O9S4. The van der Waals surface area contributed by atoms with Crippen LogP contribution >= 0.6 is 45.8 Å². The molecule has 28 heteroatoms. The van der Waals surface area contributed by atoms with Gasteiger partial charge in [-0.05, 0) is 168 Å². The summed E-state index contributed by atoms with van der Waals surface area (Å²) in [6.07, 6.45) is 22.6. The summed E-state index contributed by atoms with van der Waals surface area (Å²) >= 11 is 6.55. The van der Waals surface area contributed by atoms with E-state index in [1.54, 1.807) is 125 Å². The number of carbonyl (C=O) groups excluding carboxylic acids is 6. The lowest BCUT2D eigenvalue weighted by Gasteiger charge is -2.33. The average molecular weight is 1480 g/mol. The number of anilines is 8. The van der Waals surface area contributed by atoms with Crippen LogP contribution in [0.2, 0.25) is 0 Å². The van der Waals surface area contributed by atoms with E-state index in [0.717, 1.165) is 145 Å². The molecule has 6 amide bonds. The highest BCUT2D eigenvalue weighted by molar-refractivity contribution is 8.00. The van der Waals surface area contributed by atoms with Crippen molar-refractivity contribution in [1.29, 1.82) is 0 Å². The average Bonchev–Trinajstić information content (AvgIpc) is 1.83. The van der Waals surface area contributed by atoms with Crippen LogP contribution < -0.4 is 41.7 Å². The number of aliphatic hydroxyl groups is 1. The van der Waals surface area contributed by atoms with E-state index < -0.39 is 0 Å². The first kappa shape index (κ1) is 76.7. The second kappa shape index (κ2) is 37.0. The van der Waals surface area contributed by atoms with Crippen molar-refractivity contribution in [3.63, 3.8) is 0 Å². The Balaban J connectivity index is 0.000000166. The van der Waals surface area contributed by atoms with Gasteiger partial charge >= 0.3 is 0 Å². The van der Waals surface area contributed by atoms with Crippen LogP contribution in [0.4, 0.5) is 42.5 Å². The quantitative estimate of drug-likeness (QED) is 0.0245. The number of aromatic nitrogens is 4. The van der Waals surface area contributed by atoms with Gasteiger partial charge in [-0.2, -0.15) is 0 Å². The lowest BCUT2D eigenvalue weighted by Crippen LogP contribution is -2.45. The summed E-state index contributed by atoms with van der Waals surface area (Å²) in [6, 6.07) is 22.2. The molecule has 5 aliphatic rings. The number of amides is 6. The number of ether oxygens (including phenoxy) is 1. The third-order valence-electron chi connectivity index (χ3n) is 18.6. The van der Waals surface area contributed by atoms with Crippen LogP contribution in [0.3, 0.4) is 0 Å². The molecule has 4 aliphatic heterocycles. The van der Waals surface area contributed by atoms with E-state index in [9.17, 15) is 33.9 Å². The lowest BCUT2D eigenvalue weighted by molar-refractivity contribution is -0.112. The molecule has 12 rings (SSSR count). The largest absolute Gasteiger partial charge is 0.444 e. The van der Waals surface area contributed by atoms with Gasteiger partial charge < -0.3 is 70.7 Å². The number of piperidine rings is 3. The van der Waals surface area contributed by atoms with E-state index in [1.807, 2.05) is 33.3 Å². The van der Waals surface area contributed by atoms with Crippen LogP contribution in [0, 0.1) is 0 Å². The number of carbonyl (C=O) groups is 6. The number of aliphatic hydroxyl groups excluding tert-OH is 1. The summed E-state index contributed by atoms with van der Waals surface area (Å²) in [7, 11) is 4.23. The zero-order valence-electron chi connectivity index (χ0n) is 59.3. The molecule has 1 saturated carbocycles. The summed E-state index contributed by atoms with van der Waals surface area (Å²) in [6.45, 7) is 22.3. The first-order valence-electron chi connectivity index (χ1n) is 35.1. The highest BCUT2D eigenvalue weighted by Gasteiger charge is 2.31. The van der Waals surface area contributed by atoms with Gasteiger partial charge in [0, 0.05) is 136 Å². The van der Waals surface area contributed by atoms with E-state index in [-0.39, 0.29) is 65.1 Å². The summed E-state index contributed by atoms with van der Waals surface area (Å²) in [5, 5.41) is 33.3. The highest BCUT2D eigenvalue weighted by atomic mass is 32.2. The molecule has 3 aromatic carbocycles. The van der Waals surface area contributed by atoms with Crippen molar-refractivity contribution in [3.05, 3.63) is 164 Å². The third-order valence-corrected chi connectivity index (χ3v) is 22.8. The molecule has 3 atom stereocenters. The van der Waals surface area contributed by atoms with Crippen LogP contribution in [0.15, 0.2) is 144 Å². The van der Waals surface area contributed by atoms with Crippen molar-refractivity contribution in [3.8, 4) is 0 Å². The normalized spacial score (nSPS) is 19.2. The topological polar surface area (TPSA) is 285 Å². The number of hydrogen-bond donors (Lipinski definition) is 7. The fraction of sp³-hybridized carbons (Fsp3) is 0.440. The monoisotopic (exact) mass is 1480 g/mol. The summed E-state index contributed by atoms with van der Waals surface area (Å²) < 4.78 is 12.4. The molecular weight excluding hydrogens is 1380 g/mol. The van der Waals surface area contributed by atoms with Crippen LogP contribution in [0.1, 0.15) is 141 Å². The minimum Gasteiger partial charge on any atom is -0.444 e. The lowest BCUT2D eigenvalue weighted by atomic mass is 9.92. The van der Waals surface area contributed by atoms with E-state index >= 15 is 0 Å². The second-order valence-corrected chi connectivity index (χ2v) is 31.5. The Morgan fingerprint density at radius 3 is 1.29 bits per heavy atom. The van der Waals surface area contributed by atoms with Gasteiger partial charge in [0.25, 0.3) is 17.7 Å². The van der Waals surface area contributed by atoms with Crippen LogP contribution in [-0.4, -0.2) is 178 Å². The molecule has 0 unspecified atom stereocenters. The first-order valence-corrected chi connectivity index (χ1v) is 38.6. The highest BCUT2D eigenvalue weighted by Crippen LogP contribution is 2.36. The van der Waals surface area contributed by atoms with Crippen molar-refractivity contribution in [2.24, 2.45) is 0 Å². The van der Waals surface area contributed by atoms with Crippen molar-refractivity contribution in [1.82, 2.24) is 34.6 Å². The number of thiazole rings is 3. The van der Waals surface area contributed by atoms with Crippen molar-refractivity contribution < 1.29 is 43.0 Å². The third kappa shape index (κ3) is 22.3. The molecule has 0 spiro atoms. The Morgan fingerprint density at radius 1 is 0.534 bits per heavy atom. The maximum Gasteiger partial charge on any atom is 0.253 e. The van der Waals surface area contributed by atoms with Crippen LogP contribution in [-0.2, 0) is 30.3 Å². The number of thioether (sulfide) groups is 1. The minimum atomic E-state index is -0.282. The first-order chi connectivity index (χ1) is 49.7. The van der Waals surface area contributed by atoms with Gasteiger partial charge in [0.2, 0.25) is 23.6 Å². The van der Waals surface area contributed by atoms with Gasteiger partial charge in [0.1, 0.15) is 15.8 Å². The van der Waals surface area contributed by atoms with Gasteiger partial charge in [0.15, 0.2) is 15.4 Å². The maximum atomic E-state index is 13.0.